The maximum atomic E-state index is 12.6. The Morgan fingerprint density at radius 3 is 2.73 bits per heavy atom. The minimum atomic E-state index is -0.645. The van der Waals surface area contributed by atoms with Gasteiger partial charge in [-0.05, 0) is 38.0 Å². The normalized spacial score (nSPS) is 17.5. The average Bonchev–Trinajstić information content (AvgIpc) is 2.58. The number of rotatable bonds is 2. The number of benzene rings is 1. The fraction of sp³-hybridized carbons (Fsp3) is 0.400. The molecule has 0 spiro atoms. The van der Waals surface area contributed by atoms with Gasteiger partial charge in [-0.2, -0.15) is 0 Å². The number of ether oxygens (including phenoxy) is 2. The van der Waals surface area contributed by atoms with Crippen molar-refractivity contribution in [1.29, 1.82) is 0 Å². The lowest BCUT2D eigenvalue weighted by molar-refractivity contribution is 0.0933. The number of aryl methyl sites for hydroxylation is 1. The van der Waals surface area contributed by atoms with Crippen LogP contribution < -0.4 is 15.1 Å². The number of fused-ring (bicyclic) bond motifs is 6. The number of hydrogen-bond acceptors (Lipinski definition) is 5. The zero-order valence-electron chi connectivity index (χ0n) is 14.9. The zero-order chi connectivity index (χ0) is 18.6. The lowest BCUT2D eigenvalue weighted by atomic mass is 9.91. The molecule has 1 aromatic heterocycles. The Kier molecular flexibility index (Phi) is 3.88. The van der Waals surface area contributed by atoms with E-state index in [4.69, 9.17) is 25.5 Å². The van der Waals surface area contributed by atoms with Crippen molar-refractivity contribution >= 4 is 34.4 Å². The van der Waals surface area contributed by atoms with Gasteiger partial charge in [-0.25, -0.2) is 4.79 Å². The molecule has 0 radical (unpaired) electrons. The first kappa shape index (κ1) is 17.2. The van der Waals surface area contributed by atoms with E-state index in [1.807, 2.05) is 32.9 Å². The highest BCUT2D eigenvalue weighted by Crippen LogP contribution is 2.48. The van der Waals surface area contributed by atoms with Crippen molar-refractivity contribution in [3.05, 3.63) is 38.2 Å². The molecule has 0 atom stereocenters. The monoisotopic (exact) mass is 374 g/mol. The molecule has 0 unspecified atom stereocenters. The van der Waals surface area contributed by atoms with Crippen LogP contribution in [0, 0.1) is 0 Å². The molecule has 2 aliphatic rings. The largest absolute Gasteiger partial charge is 0.491 e. The summed E-state index contributed by atoms with van der Waals surface area (Å²) in [5, 5.41) is 0.642. The first-order chi connectivity index (χ1) is 12.3. The van der Waals surface area contributed by atoms with Gasteiger partial charge in [0.1, 0.15) is 27.7 Å². The molecule has 0 saturated carbocycles. The van der Waals surface area contributed by atoms with Gasteiger partial charge in [0.2, 0.25) is 0 Å². The molecule has 2 aliphatic heterocycles. The summed E-state index contributed by atoms with van der Waals surface area (Å²) in [6.45, 7) is 6.16. The smallest absolute Gasteiger partial charge is 0.355 e. The summed E-state index contributed by atoms with van der Waals surface area (Å²) in [7, 11) is 0. The summed E-state index contributed by atoms with van der Waals surface area (Å²) >= 11 is 6.29. The summed E-state index contributed by atoms with van der Waals surface area (Å²) < 4.78 is 17.5. The minimum Gasteiger partial charge on any atom is -0.491 e. The van der Waals surface area contributed by atoms with Gasteiger partial charge in [0, 0.05) is 6.42 Å². The molecule has 0 N–H and O–H groups in total. The van der Waals surface area contributed by atoms with E-state index in [-0.39, 0.29) is 22.8 Å². The molecule has 6 heteroatoms. The second kappa shape index (κ2) is 5.88. The predicted molar refractivity (Wildman–Crippen MR) is 99.7 cm³/mol. The number of carbonyl (C=O) groups excluding carboxylic acids is 1. The fourth-order valence-electron chi connectivity index (χ4n) is 3.55. The summed E-state index contributed by atoms with van der Waals surface area (Å²) in [4.78, 5) is 24.9. The Bertz CT molecular complexity index is 1030. The van der Waals surface area contributed by atoms with E-state index in [0.717, 1.165) is 6.42 Å². The van der Waals surface area contributed by atoms with Crippen LogP contribution in [0.1, 0.15) is 55.1 Å². The maximum absolute atomic E-state index is 12.6. The molecule has 0 fully saturated rings. The van der Waals surface area contributed by atoms with Crippen molar-refractivity contribution in [1.82, 2.24) is 0 Å². The van der Waals surface area contributed by atoms with Gasteiger partial charge in [0.15, 0.2) is 11.4 Å². The molecule has 26 heavy (non-hydrogen) atoms. The van der Waals surface area contributed by atoms with Crippen molar-refractivity contribution < 1.29 is 18.7 Å². The molecule has 136 valence electrons. The van der Waals surface area contributed by atoms with Crippen LogP contribution in [0.4, 0.5) is 0 Å². The molecule has 0 saturated heterocycles. The third kappa shape index (κ3) is 2.45. The van der Waals surface area contributed by atoms with Crippen LogP contribution >= 0.6 is 11.6 Å². The van der Waals surface area contributed by atoms with Crippen molar-refractivity contribution in [2.24, 2.45) is 0 Å². The van der Waals surface area contributed by atoms with Crippen LogP contribution in [-0.2, 0) is 6.42 Å². The van der Waals surface area contributed by atoms with Crippen LogP contribution in [0.5, 0.6) is 11.5 Å². The molecule has 5 nitrogen and oxygen atoms in total. The summed E-state index contributed by atoms with van der Waals surface area (Å²) in [6, 6.07) is 0. The number of ketones is 1. The van der Waals surface area contributed by atoms with Gasteiger partial charge in [0.25, 0.3) is 0 Å². The molecule has 0 aliphatic carbocycles. The van der Waals surface area contributed by atoms with Gasteiger partial charge < -0.3 is 13.9 Å². The lowest BCUT2D eigenvalue weighted by Crippen LogP contribution is -2.29. The number of hydrogen-bond donors (Lipinski definition) is 0. The number of carbonyl (C=O) groups is 1. The SMILES string of the molecule is CCCc1c(Cl)c(=O)oc2c3c(c4c(c12)OC(C)(C)C=C4)OCCC3=O. The Morgan fingerprint density at radius 2 is 2.00 bits per heavy atom. The van der Waals surface area contributed by atoms with Crippen molar-refractivity contribution in [3.63, 3.8) is 0 Å². The van der Waals surface area contributed by atoms with E-state index in [1.54, 1.807) is 0 Å². The molecule has 2 aromatic rings. The van der Waals surface area contributed by atoms with Crippen LogP contribution in [0.3, 0.4) is 0 Å². The van der Waals surface area contributed by atoms with E-state index in [0.29, 0.717) is 46.6 Å². The van der Waals surface area contributed by atoms with Gasteiger partial charge in [-0.1, -0.05) is 24.9 Å². The summed E-state index contributed by atoms with van der Waals surface area (Å²) in [5.41, 5.74) is 0.690. The molecule has 0 bridgehead atoms. The Hall–Kier alpha value is -2.27. The molecule has 3 heterocycles. The highest BCUT2D eigenvalue weighted by molar-refractivity contribution is 6.32. The molecular formula is C20H19ClO5. The van der Waals surface area contributed by atoms with E-state index in [9.17, 15) is 9.59 Å². The van der Waals surface area contributed by atoms with E-state index in [2.05, 4.69) is 0 Å². The third-order valence-electron chi connectivity index (χ3n) is 4.71. The maximum Gasteiger partial charge on any atom is 0.355 e. The molecule has 1 aromatic carbocycles. The van der Waals surface area contributed by atoms with Gasteiger partial charge in [0.05, 0.1) is 17.6 Å². The quantitative estimate of drug-likeness (QED) is 0.721. The average molecular weight is 375 g/mol. The lowest BCUT2D eigenvalue weighted by Gasteiger charge is -2.32. The standard InChI is InChI=1S/C20H19ClO5/c1-4-5-10-13-17-11(6-8-20(2,3)26-17)16-14(12(22)7-9-24-16)18(13)25-19(23)15(10)21/h6,8H,4-5,7,9H2,1-3H3. The number of Topliss-reactive ketones (excluding diaryl/α,β-unsaturated/α-hetero) is 1. The highest BCUT2D eigenvalue weighted by Gasteiger charge is 2.35. The highest BCUT2D eigenvalue weighted by atomic mass is 35.5. The van der Waals surface area contributed by atoms with Crippen molar-refractivity contribution in [2.45, 2.75) is 45.6 Å². The van der Waals surface area contributed by atoms with Crippen LogP contribution in [0.15, 0.2) is 15.3 Å². The van der Waals surface area contributed by atoms with Crippen molar-refractivity contribution in [2.75, 3.05) is 6.61 Å². The minimum absolute atomic E-state index is 0.0432. The molecule has 0 amide bonds. The second-order valence-electron chi connectivity index (χ2n) is 7.14. The van der Waals surface area contributed by atoms with Gasteiger partial charge in [-0.3, -0.25) is 4.79 Å². The van der Waals surface area contributed by atoms with Crippen LogP contribution in [0.25, 0.3) is 17.0 Å². The number of halogens is 1. The first-order valence-electron chi connectivity index (χ1n) is 8.73. The van der Waals surface area contributed by atoms with Crippen molar-refractivity contribution in [3.8, 4) is 11.5 Å². The van der Waals surface area contributed by atoms with Gasteiger partial charge >= 0.3 is 5.63 Å². The molecule has 4 rings (SSSR count). The third-order valence-corrected chi connectivity index (χ3v) is 5.09. The van der Waals surface area contributed by atoms with Crippen LogP contribution in [0.2, 0.25) is 5.02 Å². The summed E-state index contributed by atoms with van der Waals surface area (Å²) in [5.74, 6) is 0.865. The van der Waals surface area contributed by atoms with E-state index in [1.165, 1.54) is 0 Å². The summed E-state index contributed by atoms with van der Waals surface area (Å²) in [6.07, 6.45) is 5.43. The zero-order valence-corrected chi connectivity index (χ0v) is 15.7. The van der Waals surface area contributed by atoms with Crippen LogP contribution in [-0.4, -0.2) is 18.0 Å². The fourth-order valence-corrected chi connectivity index (χ4v) is 3.78. The Labute approximate surface area is 155 Å². The second-order valence-corrected chi connectivity index (χ2v) is 7.52. The van der Waals surface area contributed by atoms with E-state index >= 15 is 0 Å². The first-order valence-corrected chi connectivity index (χ1v) is 9.11. The topological polar surface area (TPSA) is 65.7 Å². The Balaban J connectivity index is 2.23. The van der Waals surface area contributed by atoms with Gasteiger partial charge in [-0.15, -0.1) is 0 Å². The molecular weight excluding hydrogens is 356 g/mol. The Morgan fingerprint density at radius 1 is 1.23 bits per heavy atom. The predicted octanol–water partition coefficient (Wildman–Crippen LogP) is 4.55. The van der Waals surface area contributed by atoms with E-state index < -0.39 is 11.2 Å².